The van der Waals surface area contributed by atoms with E-state index in [0.29, 0.717) is 43.3 Å². The molecule has 38 heavy (non-hydrogen) atoms. The van der Waals surface area contributed by atoms with Crippen molar-refractivity contribution in [2.24, 2.45) is 0 Å². The molecule has 2 aromatic heterocycles. The molecule has 1 fully saturated rings. The van der Waals surface area contributed by atoms with Crippen molar-refractivity contribution in [3.05, 3.63) is 63.1 Å². The quantitative estimate of drug-likeness (QED) is 0.449. The number of rotatable bonds is 4. The Bertz CT molecular complexity index is 1340. The minimum Gasteiger partial charge on any atom is -0.367 e. The van der Waals surface area contributed by atoms with Gasteiger partial charge in [0.2, 0.25) is 11.9 Å². The first-order valence-electron chi connectivity index (χ1n) is 12.5. The van der Waals surface area contributed by atoms with Crippen molar-refractivity contribution in [3.63, 3.8) is 0 Å². The molecule has 4 heterocycles. The molecule has 0 aliphatic carbocycles. The first kappa shape index (κ1) is 26.5. The molecule has 8 nitrogen and oxygen atoms in total. The molecule has 0 spiro atoms. The molecule has 1 atom stereocenters. The van der Waals surface area contributed by atoms with E-state index in [9.17, 15) is 18.0 Å². The standard InChI is InChI=1S/C26H29BrF3N7O/c1-16-10-17(2)37(33-16)15-24(38)36-9-8-34(13-18(36)3)23-5-4-22(26(28,29)30)20-6-7-35(14-21(20)23)25-31-11-19(27)12-32-25/h4-5,10-12,18H,6-9,13-15H2,1-3H3. The number of piperazine rings is 1. The van der Waals surface area contributed by atoms with Crippen molar-refractivity contribution in [2.45, 2.75) is 52.5 Å². The normalized spacial score (nSPS) is 18.1. The van der Waals surface area contributed by atoms with E-state index in [4.69, 9.17) is 0 Å². The highest BCUT2D eigenvalue weighted by molar-refractivity contribution is 9.10. The molecule has 0 N–H and O–H groups in total. The number of hydrogen-bond donors (Lipinski definition) is 0. The van der Waals surface area contributed by atoms with Gasteiger partial charge in [0.25, 0.3) is 0 Å². The summed E-state index contributed by atoms with van der Waals surface area (Å²) in [5, 5.41) is 4.40. The second kappa shape index (κ2) is 10.2. The molecule has 2 aliphatic rings. The van der Waals surface area contributed by atoms with Gasteiger partial charge in [-0.15, -0.1) is 0 Å². The largest absolute Gasteiger partial charge is 0.416 e. The second-order valence-electron chi connectivity index (χ2n) is 9.93. The lowest BCUT2D eigenvalue weighted by atomic mass is 9.91. The van der Waals surface area contributed by atoms with Gasteiger partial charge in [0.1, 0.15) is 6.54 Å². The molecule has 2 aliphatic heterocycles. The van der Waals surface area contributed by atoms with Gasteiger partial charge in [-0.3, -0.25) is 9.48 Å². The molecule has 202 valence electrons. The summed E-state index contributed by atoms with van der Waals surface area (Å²) in [6.45, 7) is 8.17. The number of fused-ring (bicyclic) bond motifs is 1. The lowest BCUT2D eigenvalue weighted by molar-refractivity contribution is -0.138. The molecule has 3 aromatic rings. The lowest BCUT2D eigenvalue weighted by Gasteiger charge is -2.43. The van der Waals surface area contributed by atoms with Gasteiger partial charge in [-0.2, -0.15) is 18.3 Å². The fourth-order valence-corrected chi connectivity index (χ4v) is 5.67. The molecule has 0 saturated carbocycles. The molecule has 1 aromatic carbocycles. The second-order valence-corrected chi connectivity index (χ2v) is 10.8. The van der Waals surface area contributed by atoms with Crippen molar-refractivity contribution in [3.8, 4) is 0 Å². The Labute approximate surface area is 227 Å². The smallest absolute Gasteiger partial charge is 0.367 e. The van der Waals surface area contributed by atoms with Crippen LogP contribution in [0.4, 0.5) is 24.8 Å². The lowest BCUT2D eigenvalue weighted by Crippen LogP contribution is -2.55. The summed E-state index contributed by atoms with van der Waals surface area (Å²) in [5.74, 6) is 0.464. The monoisotopic (exact) mass is 591 g/mol. The van der Waals surface area contributed by atoms with Crippen LogP contribution in [0.25, 0.3) is 0 Å². The fourth-order valence-electron chi connectivity index (χ4n) is 5.46. The maximum absolute atomic E-state index is 13.9. The molecule has 1 unspecified atom stereocenters. The van der Waals surface area contributed by atoms with Gasteiger partial charge in [-0.1, -0.05) is 0 Å². The molecular weight excluding hydrogens is 563 g/mol. The first-order chi connectivity index (χ1) is 18.0. The SMILES string of the molecule is Cc1cc(C)n(CC(=O)N2CCN(c3ccc(C(F)(F)F)c4c3CN(c3ncc(Br)cn3)CC4)CC2C)n1. The van der Waals surface area contributed by atoms with E-state index < -0.39 is 11.7 Å². The summed E-state index contributed by atoms with van der Waals surface area (Å²) >= 11 is 3.33. The van der Waals surface area contributed by atoms with E-state index in [1.165, 1.54) is 6.07 Å². The van der Waals surface area contributed by atoms with Crippen LogP contribution in [0, 0.1) is 13.8 Å². The molecule has 12 heteroatoms. The van der Waals surface area contributed by atoms with Crippen LogP contribution < -0.4 is 9.80 Å². The van der Waals surface area contributed by atoms with E-state index in [2.05, 4.69) is 35.9 Å². The van der Waals surface area contributed by atoms with Gasteiger partial charge in [-0.05, 0) is 72.4 Å². The number of anilines is 2. The number of halogens is 4. The third-order valence-electron chi connectivity index (χ3n) is 7.26. The molecule has 0 radical (unpaired) electrons. The Balaban J connectivity index is 1.39. The number of nitrogens with zero attached hydrogens (tertiary/aromatic N) is 7. The number of alkyl halides is 3. The van der Waals surface area contributed by atoms with Crippen LogP contribution in [-0.2, 0) is 30.5 Å². The van der Waals surface area contributed by atoms with Crippen molar-refractivity contribution < 1.29 is 18.0 Å². The van der Waals surface area contributed by atoms with Crippen LogP contribution in [0.2, 0.25) is 0 Å². The Hall–Kier alpha value is -3.15. The summed E-state index contributed by atoms with van der Waals surface area (Å²) in [5.41, 5.74) is 2.96. The summed E-state index contributed by atoms with van der Waals surface area (Å²) in [6.07, 6.45) is -0.919. The maximum Gasteiger partial charge on any atom is 0.416 e. The van der Waals surface area contributed by atoms with E-state index in [1.807, 2.05) is 36.6 Å². The number of aromatic nitrogens is 4. The van der Waals surface area contributed by atoms with Crippen LogP contribution in [-0.4, -0.2) is 62.8 Å². The van der Waals surface area contributed by atoms with Gasteiger partial charge < -0.3 is 14.7 Å². The summed E-state index contributed by atoms with van der Waals surface area (Å²) < 4.78 is 44.2. The van der Waals surface area contributed by atoms with Crippen molar-refractivity contribution in [2.75, 3.05) is 36.0 Å². The Morgan fingerprint density at radius 1 is 1.08 bits per heavy atom. The predicted molar refractivity (Wildman–Crippen MR) is 141 cm³/mol. The van der Waals surface area contributed by atoms with Crippen LogP contribution in [0.15, 0.2) is 35.1 Å². The average molecular weight is 592 g/mol. The van der Waals surface area contributed by atoms with Crippen LogP contribution in [0.3, 0.4) is 0 Å². The van der Waals surface area contributed by atoms with E-state index >= 15 is 0 Å². The van der Waals surface area contributed by atoms with Crippen LogP contribution in [0.1, 0.15) is 35.0 Å². The molecule has 1 saturated heterocycles. The highest BCUT2D eigenvalue weighted by atomic mass is 79.9. The van der Waals surface area contributed by atoms with Crippen molar-refractivity contribution in [1.29, 1.82) is 0 Å². The number of carbonyl (C=O) groups is 1. The van der Waals surface area contributed by atoms with Crippen molar-refractivity contribution >= 4 is 33.5 Å². The minimum atomic E-state index is -4.43. The number of aryl methyl sites for hydroxylation is 2. The van der Waals surface area contributed by atoms with Gasteiger partial charge in [0.15, 0.2) is 0 Å². The zero-order valence-corrected chi connectivity index (χ0v) is 23.1. The Morgan fingerprint density at radius 3 is 2.45 bits per heavy atom. The molecule has 5 rings (SSSR count). The maximum atomic E-state index is 13.9. The number of hydrogen-bond acceptors (Lipinski definition) is 6. The van der Waals surface area contributed by atoms with Crippen LogP contribution in [0.5, 0.6) is 0 Å². The number of carbonyl (C=O) groups excluding carboxylic acids is 1. The molecule has 0 bridgehead atoms. The zero-order chi connectivity index (χ0) is 27.2. The van der Waals surface area contributed by atoms with Gasteiger partial charge in [0.05, 0.1) is 15.7 Å². The zero-order valence-electron chi connectivity index (χ0n) is 21.5. The van der Waals surface area contributed by atoms with E-state index in [1.54, 1.807) is 23.1 Å². The fraction of sp³-hybridized carbons (Fsp3) is 0.462. The highest BCUT2D eigenvalue weighted by Gasteiger charge is 2.38. The van der Waals surface area contributed by atoms with Crippen LogP contribution >= 0.6 is 15.9 Å². The first-order valence-corrected chi connectivity index (χ1v) is 13.3. The van der Waals surface area contributed by atoms with Crippen molar-refractivity contribution in [1.82, 2.24) is 24.6 Å². The predicted octanol–water partition coefficient (Wildman–Crippen LogP) is 4.37. The summed E-state index contributed by atoms with van der Waals surface area (Å²) in [4.78, 5) is 27.6. The van der Waals surface area contributed by atoms with E-state index in [-0.39, 0.29) is 31.5 Å². The minimum absolute atomic E-state index is 0.0173. The average Bonchev–Trinajstić information content (AvgIpc) is 3.18. The van der Waals surface area contributed by atoms with Gasteiger partial charge in [-0.25, -0.2) is 9.97 Å². The summed E-state index contributed by atoms with van der Waals surface area (Å²) in [7, 11) is 0. The molecular formula is C26H29BrF3N7O. The number of benzene rings is 1. The third-order valence-corrected chi connectivity index (χ3v) is 7.67. The van der Waals surface area contributed by atoms with Gasteiger partial charge >= 0.3 is 6.18 Å². The van der Waals surface area contributed by atoms with E-state index in [0.717, 1.165) is 21.5 Å². The Kier molecular flexibility index (Phi) is 7.10. The van der Waals surface area contributed by atoms with Gasteiger partial charge in [0, 0.05) is 62.5 Å². The Morgan fingerprint density at radius 2 is 1.82 bits per heavy atom. The molecule has 1 amide bonds. The highest BCUT2D eigenvalue weighted by Crippen LogP contribution is 2.40. The summed E-state index contributed by atoms with van der Waals surface area (Å²) in [6, 6.07) is 4.60. The topological polar surface area (TPSA) is 70.4 Å². The number of amides is 1. The third kappa shape index (κ3) is 5.23.